The number of amides is 1. The number of likely N-dealkylation sites (tertiary alicyclic amines) is 1. The molecule has 0 atom stereocenters. The Morgan fingerprint density at radius 3 is 2.33 bits per heavy atom. The third-order valence-electron chi connectivity index (χ3n) is 1.44. The van der Waals surface area contributed by atoms with E-state index in [-0.39, 0.29) is 6.09 Å². The molecule has 1 rings (SSSR count). The van der Waals surface area contributed by atoms with Crippen LogP contribution in [0.2, 0.25) is 0 Å². The summed E-state index contributed by atoms with van der Waals surface area (Å²) in [5.74, 6) is 0. The van der Waals surface area contributed by atoms with Crippen molar-refractivity contribution in [2.75, 3.05) is 13.1 Å². The summed E-state index contributed by atoms with van der Waals surface area (Å²) in [6.07, 6.45) is -0.281. The lowest BCUT2D eigenvalue weighted by molar-refractivity contribution is -0.128. The smallest absolute Gasteiger partial charge is 0.411 e. The molecular formula is C8H15N2O2+. The van der Waals surface area contributed by atoms with Crippen molar-refractivity contribution in [2.45, 2.75) is 26.4 Å². The topological polar surface area (TPSA) is 55.1 Å². The van der Waals surface area contributed by atoms with Crippen molar-refractivity contribution >= 4 is 11.8 Å². The minimum atomic E-state index is -0.415. The number of nitrogens with zero attached hydrogens (tertiary/aromatic N) is 1. The zero-order valence-electron chi connectivity index (χ0n) is 7.76. The molecule has 12 heavy (non-hydrogen) atoms. The third kappa shape index (κ3) is 2.22. The first-order chi connectivity index (χ1) is 5.38. The van der Waals surface area contributed by atoms with Gasteiger partial charge < -0.3 is 4.74 Å². The van der Waals surface area contributed by atoms with Crippen molar-refractivity contribution < 1.29 is 14.9 Å². The average molecular weight is 171 g/mol. The zero-order chi connectivity index (χ0) is 9.35. The van der Waals surface area contributed by atoms with E-state index in [1.54, 1.807) is 4.90 Å². The van der Waals surface area contributed by atoms with E-state index in [0.29, 0.717) is 13.1 Å². The number of carbonyl (C=O) groups is 1. The van der Waals surface area contributed by atoms with Gasteiger partial charge in [0.05, 0.1) is 0 Å². The van der Waals surface area contributed by atoms with Gasteiger partial charge in [-0.05, 0) is 20.8 Å². The second-order valence-electron chi connectivity index (χ2n) is 3.99. The molecule has 0 unspecified atom stereocenters. The summed E-state index contributed by atoms with van der Waals surface area (Å²) >= 11 is 0. The van der Waals surface area contributed by atoms with Crippen LogP contribution in [0.5, 0.6) is 0 Å². The predicted octanol–water partition coefficient (Wildman–Crippen LogP) is -0.563. The van der Waals surface area contributed by atoms with Crippen LogP contribution in [0.4, 0.5) is 4.79 Å². The number of ether oxygens (including phenoxy) is 1. The molecule has 1 heterocycles. The van der Waals surface area contributed by atoms with E-state index in [2.05, 4.69) is 0 Å². The van der Waals surface area contributed by atoms with Gasteiger partial charge in [-0.3, -0.25) is 10.3 Å². The molecule has 0 aromatic heterocycles. The minimum Gasteiger partial charge on any atom is -0.444 e. The fourth-order valence-electron chi connectivity index (χ4n) is 0.900. The molecule has 1 saturated heterocycles. The van der Waals surface area contributed by atoms with Gasteiger partial charge in [-0.25, -0.2) is 4.79 Å². The second kappa shape index (κ2) is 2.77. The van der Waals surface area contributed by atoms with E-state index >= 15 is 0 Å². The summed E-state index contributed by atoms with van der Waals surface area (Å²) in [4.78, 5) is 12.8. The second-order valence-corrected chi connectivity index (χ2v) is 3.99. The Balaban J connectivity index is 2.35. The van der Waals surface area contributed by atoms with E-state index in [9.17, 15) is 4.79 Å². The number of hydrogen-bond acceptors (Lipinski definition) is 2. The van der Waals surface area contributed by atoms with E-state index in [0.717, 1.165) is 5.71 Å². The van der Waals surface area contributed by atoms with E-state index in [1.165, 1.54) is 0 Å². The monoisotopic (exact) mass is 171 g/mol. The van der Waals surface area contributed by atoms with Crippen molar-refractivity contribution in [3.05, 3.63) is 0 Å². The molecule has 0 radical (unpaired) electrons. The molecule has 68 valence electrons. The summed E-state index contributed by atoms with van der Waals surface area (Å²) < 4.78 is 5.11. The van der Waals surface area contributed by atoms with E-state index < -0.39 is 5.60 Å². The Hall–Kier alpha value is -1.06. The Labute approximate surface area is 72.0 Å². The van der Waals surface area contributed by atoms with Gasteiger partial charge in [0.2, 0.25) is 0 Å². The van der Waals surface area contributed by atoms with Crippen LogP contribution in [-0.2, 0) is 4.74 Å². The maximum atomic E-state index is 11.2. The van der Waals surface area contributed by atoms with Gasteiger partial charge in [-0.2, -0.15) is 0 Å². The third-order valence-corrected chi connectivity index (χ3v) is 1.44. The number of hydrogen-bond donors (Lipinski definition) is 1. The lowest BCUT2D eigenvalue weighted by Crippen LogP contribution is -2.62. The van der Waals surface area contributed by atoms with Crippen LogP contribution in [0.1, 0.15) is 20.8 Å². The molecule has 4 nitrogen and oxygen atoms in total. The van der Waals surface area contributed by atoms with Crippen LogP contribution < -0.4 is 5.41 Å². The summed E-state index contributed by atoms with van der Waals surface area (Å²) in [6, 6.07) is 0. The molecule has 0 aromatic rings. The lowest BCUT2D eigenvalue weighted by Gasteiger charge is -2.30. The van der Waals surface area contributed by atoms with Crippen LogP contribution in [0.15, 0.2) is 0 Å². The van der Waals surface area contributed by atoms with Gasteiger partial charge >= 0.3 is 6.09 Å². The lowest BCUT2D eigenvalue weighted by atomic mass is 10.2. The summed E-state index contributed by atoms with van der Waals surface area (Å²) in [5.41, 5.74) is 0.419. The molecule has 1 aliphatic heterocycles. The molecule has 4 heteroatoms. The number of rotatable bonds is 0. The first-order valence-electron chi connectivity index (χ1n) is 3.96. The maximum Gasteiger partial charge on any atom is 0.411 e. The van der Waals surface area contributed by atoms with Gasteiger partial charge in [0, 0.05) is 0 Å². The van der Waals surface area contributed by atoms with Crippen molar-refractivity contribution in [3.8, 4) is 0 Å². The highest BCUT2D eigenvalue weighted by Crippen LogP contribution is 2.12. The highest BCUT2D eigenvalue weighted by atomic mass is 16.6. The number of carbonyl (C=O) groups excluding carboxylic acids is 1. The Morgan fingerprint density at radius 2 is 2.00 bits per heavy atom. The normalized spacial score (nSPS) is 17.2. The largest absolute Gasteiger partial charge is 0.444 e. The standard InChI is InChI=1S/C8H14N2O2/c1-8(2,3)12-7(11)10-4-6(9)5-10/h9H,4-5H2,1-3H3/p+1. The van der Waals surface area contributed by atoms with E-state index in [4.69, 9.17) is 10.1 Å². The fraction of sp³-hybridized carbons (Fsp3) is 0.750. The van der Waals surface area contributed by atoms with Gasteiger partial charge in [-0.1, -0.05) is 0 Å². The van der Waals surface area contributed by atoms with Crippen LogP contribution in [0.25, 0.3) is 0 Å². The average Bonchev–Trinajstić information content (AvgIpc) is 1.76. The molecular weight excluding hydrogens is 156 g/mol. The van der Waals surface area contributed by atoms with Crippen LogP contribution in [0, 0.1) is 0 Å². The zero-order valence-corrected chi connectivity index (χ0v) is 7.76. The number of nitrogens with two attached hydrogens (primary N) is 1. The van der Waals surface area contributed by atoms with Gasteiger partial charge in [0.15, 0.2) is 5.71 Å². The summed E-state index contributed by atoms with van der Waals surface area (Å²) in [6.45, 7) is 6.61. The molecule has 0 bridgehead atoms. The van der Waals surface area contributed by atoms with Crippen LogP contribution in [0.3, 0.4) is 0 Å². The highest BCUT2D eigenvalue weighted by molar-refractivity contribution is 5.94. The van der Waals surface area contributed by atoms with E-state index in [1.807, 2.05) is 20.8 Å². The highest BCUT2D eigenvalue weighted by Gasteiger charge is 2.32. The van der Waals surface area contributed by atoms with Crippen LogP contribution >= 0.6 is 0 Å². The molecule has 2 N–H and O–H groups in total. The molecule has 1 aliphatic rings. The van der Waals surface area contributed by atoms with Crippen molar-refractivity contribution in [1.29, 1.82) is 0 Å². The van der Waals surface area contributed by atoms with Gasteiger partial charge in [0.1, 0.15) is 18.7 Å². The summed E-state index contributed by atoms with van der Waals surface area (Å²) in [7, 11) is 0. The minimum absolute atomic E-state index is 0.281. The Kier molecular flexibility index (Phi) is 2.08. The summed E-state index contributed by atoms with van der Waals surface area (Å²) in [5, 5.41) is 5.44. The molecule has 0 aromatic carbocycles. The van der Waals surface area contributed by atoms with Crippen LogP contribution in [-0.4, -0.2) is 35.4 Å². The molecule has 1 amide bonds. The molecule has 0 saturated carbocycles. The SMILES string of the molecule is CC(C)(C)OC(=O)N1CC(=[NH2+])C1. The van der Waals surface area contributed by atoms with Crippen molar-refractivity contribution in [3.63, 3.8) is 0 Å². The first-order valence-corrected chi connectivity index (χ1v) is 3.96. The maximum absolute atomic E-state index is 11.2. The first kappa shape index (κ1) is 9.03. The van der Waals surface area contributed by atoms with Crippen molar-refractivity contribution in [1.82, 2.24) is 4.90 Å². The molecule has 0 spiro atoms. The van der Waals surface area contributed by atoms with Crippen molar-refractivity contribution in [2.24, 2.45) is 0 Å². The Bertz CT molecular complexity index is 210. The molecule has 0 aliphatic carbocycles. The fourth-order valence-corrected chi connectivity index (χ4v) is 0.900. The molecule has 1 fully saturated rings. The predicted molar refractivity (Wildman–Crippen MR) is 44.7 cm³/mol. The quantitative estimate of drug-likeness (QED) is 0.531. The van der Waals surface area contributed by atoms with Gasteiger partial charge in [0.25, 0.3) is 0 Å². The Morgan fingerprint density at radius 1 is 1.50 bits per heavy atom. The van der Waals surface area contributed by atoms with Gasteiger partial charge in [-0.15, -0.1) is 0 Å².